The number of hydrogen-bond acceptors (Lipinski definition) is 2. The van der Waals surface area contributed by atoms with Crippen LogP contribution in [0.15, 0.2) is 29.2 Å². The molecule has 18 heavy (non-hydrogen) atoms. The minimum Gasteiger partial charge on any atom is -0.355 e. The van der Waals surface area contributed by atoms with Gasteiger partial charge in [-0.2, -0.15) is 0 Å². The highest BCUT2D eigenvalue weighted by Crippen LogP contribution is 2.17. The maximum absolute atomic E-state index is 12.3. The number of benzene rings is 1. The quantitative estimate of drug-likeness (QED) is 0.820. The Balaban J connectivity index is 1.99. The lowest BCUT2D eigenvalue weighted by Gasteiger charge is -2.25. The predicted molar refractivity (Wildman–Crippen MR) is 71.2 cm³/mol. The number of carbonyl (C=O) groups excluding carboxylic acids is 1. The van der Waals surface area contributed by atoms with Crippen LogP contribution in [0.3, 0.4) is 0 Å². The van der Waals surface area contributed by atoms with E-state index in [0.717, 1.165) is 36.4 Å². The second kappa shape index (κ2) is 6.66. The van der Waals surface area contributed by atoms with Gasteiger partial charge in [0.2, 0.25) is 6.41 Å². The van der Waals surface area contributed by atoms with Crippen LogP contribution in [0.2, 0.25) is 0 Å². The molecule has 0 bridgehead atoms. The first-order valence-electron chi connectivity index (χ1n) is 6.24. The summed E-state index contributed by atoms with van der Waals surface area (Å²) in [5, 5.41) is 2.61. The summed E-state index contributed by atoms with van der Waals surface area (Å²) < 4.78 is 14.3. The fourth-order valence-corrected chi connectivity index (χ4v) is 3.32. The van der Waals surface area contributed by atoms with Crippen molar-refractivity contribution in [3.05, 3.63) is 29.8 Å². The molecule has 0 spiro atoms. The lowest BCUT2D eigenvalue weighted by molar-refractivity contribution is -0.109. The third-order valence-electron chi connectivity index (χ3n) is 3.06. The molecule has 98 valence electrons. The van der Waals surface area contributed by atoms with Crippen LogP contribution >= 0.6 is 0 Å². The van der Waals surface area contributed by atoms with Gasteiger partial charge in [-0.1, -0.05) is 18.6 Å². The van der Waals surface area contributed by atoms with E-state index in [-0.39, 0.29) is 0 Å². The van der Waals surface area contributed by atoms with E-state index in [1.807, 2.05) is 28.6 Å². The topological polar surface area (TPSA) is 49.4 Å². The van der Waals surface area contributed by atoms with Crippen LogP contribution in [0.5, 0.6) is 0 Å². The van der Waals surface area contributed by atoms with Crippen molar-refractivity contribution in [1.29, 1.82) is 0 Å². The zero-order valence-corrected chi connectivity index (χ0v) is 11.1. The van der Waals surface area contributed by atoms with Gasteiger partial charge >= 0.3 is 0 Å². The van der Waals surface area contributed by atoms with Crippen molar-refractivity contribution in [3.63, 3.8) is 0 Å². The van der Waals surface area contributed by atoms with E-state index in [4.69, 9.17) is 0 Å². The van der Waals surface area contributed by atoms with Gasteiger partial charge in [-0.3, -0.25) is 4.79 Å². The van der Waals surface area contributed by atoms with E-state index in [1.54, 1.807) is 0 Å². The summed E-state index contributed by atoms with van der Waals surface area (Å²) in [5.41, 5.74) is 1.02. The van der Waals surface area contributed by atoms with Crippen LogP contribution in [0, 0.1) is 0 Å². The molecule has 1 fully saturated rings. The minimum atomic E-state index is -1.04. The molecule has 0 aromatic heterocycles. The minimum absolute atomic E-state index is 0.514. The van der Waals surface area contributed by atoms with Crippen LogP contribution < -0.4 is 5.32 Å². The molecule has 1 unspecified atom stereocenters. The first kappa shape index (κ1) is 13.2. The summed E-state index contributed by atoms with van der Waals surface area (Å²) >= 11 is 0. The van der Waals surface area contributed by atoms with Gasteiger partial charge < -0.3 is 5.32 Å². The fraction of sp³-hybridized carbons (Fsp3) is 0.462. The lowest BCUT2D eigenvalue weighted by atomic mass is 10.2. The molecule has 1 aliphatic heterocycles. The van der Waals surface area contributed by atoms with Crippen LogP contribution in [-0.2, 0) is 22.3 Å². The molecule has 1 heterocycles. The first-order valence-corrected chi connectivity index (χ1v) is 7.35. The van der Waals surface area contributed by atoms with E-state index in [2.05, 4.69) is 5.32 Å². The largest absolute Gasteiger partial charge is 0.355 e. The summed E-state index contributed by atoms with van der Waals surface area (Å²) in [6.45, 7) is 2.35. The van der Waals surface area contributed by atoms with Crippen LogP contribution in [-0.4, -0.2) is 28.0 Å². The Morgan fingerprint density at radius 1 is 1.17 bits per heavy atom. The van der Waals surface area contributed by atoms with Crippen molar-refractivity contribution in [2.45, 2.75) is 30.7 Å². The molecule has 1 aromatic rings. The van der Waals surface area contributed by atoms with Gasteiger partial charge in [0, 0.05) is 19.6 Å². The van der Waals surface area contributed by atoms with Crippen molar-refractivity contribution in [2.24, 2.45) is 0 Å². The SMILES string of the molecule is O=CNCc1ccc(S(=O)N2CCCCC2)cc1. The smallest absolute Gasteiger partial charge is 0.207 e. The van der Waals surface area contributed by atoms with Crippen molar-refractivity contribution in [2.75, 3.05) is 13.1 Å². The molecule has 1 saturated heterocycles. The third-order valence-corrected chi connectivity index (χ3v) is 4.57. The normalized spacial score (nSPS) is 18.2. The number of nitrogens with one attached hydrogen (secondary N) is 1. The molecule has 0 radical (unpaired) electrons. The zero-order chi connectivity index (χ0) is 12.8. The molecule has 1 N–H and O–H groups in total. The summed E-state index contributed by atoms with van der Waals surface area (Å²) in [7, 11) is -1.04. The van der Waals surface area contributed by atoms with Gasteiger partial charge in [0.25, 0.3) is 0 Å². The molecule has 0 aliphatic carbocycles. The van der Waals surface area contributed by atoms with Gasteiger partial charge in [-0.25, -0.2) is 8.51 Å². The van der Waals surface area contributed by atoms with Crippen molar-refractivity contribution < 1.29 is 9.00 Å². The van der Waals surface area contributed by atoms with Crippen LogP contribution in [0.1, 0.15) is 24.8 Å². The molecular formula is C13H18N2O2S. The third kappa shape index (κ3) is 3.40. The summed E-state index contributed by atoms with van der Waals surface area (Å²) in [6, 6.07) is 7.58. The average molecular weight is 266 g/mol. The number of carbonyl (C=O) groups is 1. The lowest BCUT2D eigenvalue weighted by Crippen LogP contribution is -2.31. The Kier molecular flexibility index (Phi) is 4.90. The summed E-state index contributed by atoms with van der Waals surface area (Å²) in [4.78, 5) is 11.0. The highest BCUT2D eigenvalue weighted by atomic mass is 32.2. The first-order chi connectivity index (χ1) is 8.81. The monoisotopic (exact) mass is 266 g/mol. The number of hydrogen-bond donors (Lipinski definition) is 1. The molecule has 1 aliphatic rings. The van der Waals surface area contributed by atoms with Crippen molar-refractivity contribution in [1.82, 2.24) is 9.62 Å². The van der Waals surface area contributed by atoms with Crippen LogP contribution in [0.4, 0.5) is 0 Å². The maximum Gasteiger partial charge on any atom is 0.207 e. The summed E-state index contributed by atoms with van der Waals surface area (Å²) in [6.07, 6.45) is 4.18. The van der Waals surface area contributed by atoms with Crippen molar-refractivity contribution in [3.8, 4) is 0 Å². The summed E-state index contributed by atoms with van der Waals surface area (Å²) in [5.74, 6) is 0. The second-order valence-corrected chi connectivity index (χ2v) is 5.87. The Hall–Kier alpha value is -1.20. The molecule has 1 amide bonds. The molecule has 0 saturated carbocycles. The standard InChI is InChI=1S/C13H18N2O2S/c16-11-14-10-12-4-6-13(7-5-12)18(17)15-8-2-1-3-9-15/h4-7,11H,1-3,8-10H2,(H,14,16). The maximum atomic E-state index is 12.3. The highest BCUT2D eigenvalue weighted by molar-refractivity contribution is 7.82. The van der Waals surface area contributed by atoms with E-state index < -0.39 is 11.0 Å². The van der Waals surface area contributed by atoms with E-state index >= 15 is 0 Å². The molecular weight excluding hydrogens is 248 g/mol. The Morgan fingerprint density at radius 2 is 1.83 bits per heavy atom. The number of amides is 1. The van der Waals surface area contributed by atoms with E-state index in [1.165, 1.54) is 6.42 Å². The predicted octanol–water partition coefficient (Wildman–Crippen LogP) is 1.44. The van der Waals surface area contributed by atoms with Gasteiger partial charge in [-0.05, 0) is 30.5 Å². The number of rotatable bonds is 5. The van der Waals surface area contributed by atoms with Crippen molar-refractivity contribution >= 4 is 17.4 Å². The van der Waals surface area contributed by atoms with Gasteiger partial charge in [0.15, 0.2) is 0 Å². The van der Waals surface area contributed by atoms with E-state index in [0.29, 0.717) is 13.0 Å². The van der Waals surface area contributed by atoms with Crippen LogP contribution in [0.25, 0.3) is 0 Å². The van der Waals surface area contributed by atoms with Gasteiger partial charge in [0.1, 0.15) is 11.0 Å². The molecule has 4 nitrogen and oxygen atoms in total. The fourth-order valence-electron chi connectivity index (χ4n) is 2.06. The molecule has 5 heteroatoms. The molecule has 1 aromatic carbocycles. The highest BCUT2D eigenvalue weighted by Gasteiger charge is 2.17. The Morgan fingerprint density at radius 3 is 2.44 bits per heavy atom. The van der Waals surface area contributed by atoms with Gasteiger partial charge in [0.05, 0.1) is 4.90 Å². The van der Waals surface area contributed by atoms with E-state index in [9.17, 15) is 9.00 Å². The Bertz CT molecular complexity index is 414. The Labute approximate surface area is 110 Å². The number of nitrogens with zero attached hydrogens (tertiary/aromatic N) is 1. The second-order valence-electron chi connectivity index (χ2n) is 4.38. The molecule has 1 atom stereocenters. The molecule has 2 rings (SSSR count). The zero-order valence-electron chi connectivity index (χ0n) is 10.3. The number of piperidine rings is 1. The van der Waals surface area contributed by atoms with Gasteiger partial charge in [-0.15, -0.1) is 0 Å². The average Bonchev–Trinajstić information content (AvgIpc) is 2.46.